The molecule has 4 aromatic rings. The Morgan fingerprint density at radius 2 is 1.73 bits per heavy atom. The minimum atomic E-state index is -0.159. The van der Waals surface area contributed by atoms with Crippen LogP contribution in [0, 0.1) is 0 Å². The van der Waals surface area contributed by atoms with Crippen LogP contribution < -0.4 is 10.1 Å². The van der Waals surface area contributed by atoms with Crippen molar-refractivity contribution in [3.05, 3.63) is 112 Å². The fourth-order valence-electron chi connectivity index (χ4n) is 3.56. The van der Waals surface area contributed by atoms with Gasteiger partial charge in [0.25, 0.3) is 5.91 Å². The standard InChI is InChI=1S/C27H19BrN2O2S/c28-23-13-3-4-14-24(23)29-27-30-26(31)25(33-27)16-18-7-5-11-21(15-18)32-17-20-10-6-9-19-8-1-2-12-22(19)20/h1-16H,17H2,(H,29,30,31)/b25-16+. The molecule has 0 atom stereocenters. The Bertz CT molecular complexity index is 1410. The topological polar surface area (TPSA) is 50.7 Å². The van der Waals surface area contributed by atoms with E-state index in [2.05, 4.69) is 50.5 Å². The summed E-state index contributed by atoms with van der Waals surface area (Å²) in [6.45, 7) is 0.472. The Balaban J connectivity index is 1.32. The Hall–Kier alpha value is -3.35. The molecule has 1 heterocycles. The number of carbonyl (C=O) groups excluding carboxylic acids is 1. The molecule has 1 aliphatic rings. The van der Waals surface area contributed by atoms with E-state index in [0.29, 0.717) is 16.7 Å². The number of para-hydroxylation sites is 1. The molecule has 1 amide bonds. The Morgan fingerprint density at radius 1 is 0.939 bits per heavy atom. The molecule has 1 fully saturated rings. The zero-order valence-electron chi connectivity index (χ0n) is 17.5. The van der Waals surface area contributed by atoms with Gasteiger partial charge in [0, 0.05) is 4.47 Å². The number of aliphatic imine (C=N–C) groups is 1. The van der Waals surface area contributed by atoms with E-state index in [-0.39, 0.29) is 5.91 Å². The van der Waals surface area contributed by atoms with Crippen LogP contribution in [-0.2, 0) is 11.4 Å². The number of rotatable bonds is 5. The Kier molecular flexibility index (Phi) is 6.28. The van der Waals surface area contributed by atoms with Crippen molar-refractivity contribution in [2.45, 2.75) is 6.61 Å². The van der Waals surface area contributed by atoms with Crippen LogP contribution in [0.3, 0.4) is 0 Å². The van der Waals surface area contributed by atoms with Gasteiger partial charge in [0.05, 0.1) is 10.6 Å². The molecule has 0 radical (unpaired) electrons. The maximum Gasteiger partial charge on any atom is 0.264 e. The predicted molar refractivity (Wildman–Crippen MR) is 140 cm³/mol. The maximum absolute atomic E-state index is 12.5. The van der Waals surface area contributed by atoms with Crippen LogP contribution in [-0.4, -0.2) is 11.1 Å². The quantitative estimate of drug-likeness (QED) is 0.289. The van der Waals surface area contributed by atoms with Crippen molar-refractivity contribution in [2.24, 2.45) is 4.99 Å². The molecule has 4 aromatic carbocycles. The minimum absolute atomic E-state index is 0.159. The third-order valence-electron chi connectivity index (χ3n) is 5.16. The zero-order chi connectivity index (χ0) is 22.6. The molecule has 0 unspecified atom stereocenters. The molecule has 1 saturated heterocycles. The predicted octanol–water partition coefficient (Wildman–Crippen LogP) is 7.07. The van der Waals surface area contributed by atoms with Gasteiger partial charge in [-0.05, 0) is 79.9 Å². The molecule has 1 N–H and O–H groups in total. The maximum atomic E-state index is 12.5. The van der Waals surface area contributed by atoms with Crippen molar-refractivity contribution in [2.75, 3.05) is 0 Å². The average Bonchev–Trinajstić information content (AvgIpc) is 3.18. The highest BCUT2D eigenvalue weighted by molar-refractivity contribution is 9.10. The van der Waals surface area contributed by atoms with E-state index in [4.69, 9.17) is 4.74 Å². The average molecular weight is 515 g/mol. The summed E-state index contributed by atoms with van der Waals surface area (Å²) in [6.07, 6.45) is 1.85. The van der Waals surface area contributed by atoms with Crippen LogP contribution in [0.4, 0.5) is 5.69 Å². The molecule has 0 bridgehead atoms. The smallest absolute Gasteiger partial charge is 0.264 e. The number of halogens is 1. The first-order chi connectivity index (χ1) is 16.2. The summed E-state index contributed by atoms with van der Waals surface area (Å²) in [4.78, 5) is 17.6. The fraction of sp³-hybridized carbons (Fsp3) is 0.0370. The number of amidine groups is 1. The second kappa shape index (κ2) is 9.65. The Morgan fingerprint density at radius 3 is 2.64 bits per heavy atom. The van der Waals surface area contributed by atoms with Gasteiger partial charge in [-0.15, -0.1) is 0 Å². The second-order valence-electron chi connectivity index (χ2n) is 7.43. The van der Waals surface area contributed by atoms with Crippen molar-refractivity contribution in [3.63, 3.8) is 0 Å². The highest BCUT2D eigenvalue weighted by atomic mass is 79.9. The summed E-state index contributed by atoms with van der Waals surface area (Å²) in [5.74, 6) is 0.593. The van der Waals surface area contributed by atoms with Crippen LogP contribution in [0.15, 0.2) is 105 Å². The molecule has 0 spiro atoms. The SMILES string of the molecule is O=C1NC(=Nc2ccccc2Br)S/C1=C/c1cccc(OCc2cccc3ccccc23)c1. The third kappa shape index (κ3) is 5.02. The normalized spacial score (nSPS) is 15.8. The number of nitrogens with zero attached hydrogens (tertiary/aromatic N) is 1. The van der Waals surface area contributed by atoms with Crippen LogP contribution in [0.2, 0.25) is 0 Å². The van der Waals surface area contributed by atoms with E-state index in [1.54, 1.807) is 0 Å². The molecule has 6 heteroatoms. The molecule has 0 aliphatic carbocycles. The highest BCUT2D eigenvalue weighted by Gasteiger charge is 2.24. The second-order valence-corrected chi connectivity index (χ2v) is 9.32. The van der Waals surface area contributed by atoms with Gasteiger partial charge < -0.3 is 10.1 Å². The number of ether oxygens (including phenoxy) is 1. The van der Waals surface area contributed by atoms with E-state index in [9.17, 15) is 4.79 Å². The van der Waals surface area contributed by atoms with Crippen LogP contribution in [0.1, 0.15) is 11.1 Å². The summed E-state index contributed by atoms with van der Waals surface area (Å²) in [5, 5.41) is 5.77. The molecular formula is C27H19BrN2O2S. The zero-order valence-corrected chi connectivity index (χ0v) is 19.9. The first-order valence-corrected chi connectivity index (χ1v) is 12.0. The van der Waals surface area contributed by atoms with E-state index >= 15 is 0 Å². The summed E-state index contributed by atoms with van der Waals surface area (Å²) < 4.78 is 6.96. The van der Waals surface area contributed by atoms with Gasteiger partial charge >= 0.3 is 0 Å². The lowest BCUT2D eigenvalue weighted by atomic mass is 10.1. The number of benzene rings is 4. The lowest BCUT2D eigenvalue weighted by Gasteiger charge is -2.09. The monoisotopic (exact) mass is 514 g/mol. The van der Waals surface area contributed by atoms with Gasteiger partial charge in [-0.1, -0.05) is 66.7 Å². The molecule has 4 nitrogen and oxygen atoms in total. The first kappa shape index (κ1) is 21.5. The molecule has 5 rings (SSSR count). The number of hydrogen-bond donors (Lipinski definition) is 1. The molecule has 0 aromatic heterocycles. The van der Waals surface area contributed by atoms with Gasteiger partial charge in [-0.3, -0.25) is 4.79 Å². The van der Waals surface area contributed by atoms with Gasteiger partial charge in [0.15, 0.2) is 5.17 Å². The number of hydrogen-bond acceptors (Lipinski definition) is 4. The molecular weight excluding hydrogens is 496 g/mol. The lowest BCUT2D eigenvalue weighted by molar-refractivity contribution is -0.115. The number of thioether (sulfide) groups is 1. The lowest BCUT2D eigenvalue weighted by Crippen LogP contribution is -2.19. The number of carbonyl (C=O) groups is 1. The van der Waals surface area contributed by atoms with Crippen molar-refractivity contribution in [3.8, 4) is 5.75 Å². The van der Waals surface area contributed by atoms with Crippen molar-refractivity contribution in [1.82, 2.24) is 5.32 Å². The van der Waals surface area contributed by atoms with Crippen LogP contribution in [0.5, 0.6) is 5.75 Å². The van der Waals surface area contributed by atoms with Gasteiger partial charge in [-0.25, -0.2) is 4.99 Å². The van der Waals surface area contributed by atoms with E-state index in [0.717, 1.165) is 27.0 Å². The Labute approximate surface area is 204 Å². The summed E-state index contributed by atoms with van der Waals surface area (Å²) in [5.41, 5.74) is 2.80. The van der Waals surface area contributed by atoms with E-state index < -0.39 is 0 Å². The highest BCUT2D eigenvalue weighted by Crippen LogP contribution is 2.31. The molecule has 1 aliphatic heterocycles. The summed E-state index contributed by atoms with van der Waals surface area (Å²) >= 11 is 4.81. The number of nitrogens with one attached hydrogen (secondary N) is 1. The summed E-state index contributed by atoms with van der Waals surface area (Å²) in [6, 6.07) is 29.9. The third-order valence-corrected chi connectivity index (χ3v) is 6.74. The van der Waals surface area contributed by atoms with Crippen LogP contribution >= 0.6 is 27.7 Å². The minimum Gasteiger partial charge on any atom is -0.489 e. The van der Waals surface area contributed by atoms with E-state index in [1.165, 1.54) is 22.5 Å². The van der Waals surface area contributed by atoms with Gasteiger partial charge in [-0.2, -0.15) is 0 Å². The van der Waals surface area contributed by atoms with Crippen molar-refractivity contribution >= 4 is 61.3 Å². The van der Waals surface area contributed by atoms with Gasteiger partial charge in [0.2, 0.25) is 0 Å². The largest absolute Gasteiger partial charge is 0.489 e. The summed E-state index contributed by atoms with van der Waals surface area (Å²) in [7, 11) is 0. The number of fused-ring (bicyclic) bond motifs is 1. The van der Waals surface area contributed by atoms with E-state index in [1.807, 2.05) is 72.8 Å². The van der Waals surface area contributed by atoms with Crippen molar-refractivity contribution < 1.29 is 9.53 Å². The molecule has 162 valence electrons. The van der Waals surface area contributed by atoms with Crippen LogP contribution in [0.25, 0.3) is 16.8 Å². The van der Waals surface area contributed by atoms with Gasteiger partial charge in [0.1, 0.15) is 12.4 Å². The fourth-order valence-corrected chi connectivity index (χ4v) is 4.77. The number of amides is 1. The molecule has 0 saturated carbocycles. The molecule has 33 heavy (non-hydrogen) atoms. The van der Waals surface area contributed by atoms with Crippen molar-refractivity contribution in [1.29, 1.82) is 0 Å². The first-order valence-electron chi connectivity index (χ1n) is 10.4.